The van der Waals surface area contributed by atoms with E-state index < -0.39 is 9.84 Å². The van der Waals surface area contributed by atoms with E-state index in [0.717, 1.165) is 25.7 Å². The fraction of sp³-hybridized carbons (Fsp3) is 1.00. The van der Waals surface area contributed by atoms with Gasteiger partial charge in [0.05, 0.1) is 5.25 Å². The molecule has 1 aliphatic carbocycles. The molecular formula is C12H23BrO2S. The maximum absolute atomic E-state index is 11.5. The largest absolute Gasteiger partial charge is 0.229 e. The van der Waals surface area contributed by atoms with Gasteiger partial charge < -0.3 is 0 Å². The standard InChI is InChI=1S/C12H23BrO2S/c1-3-11(13)8-7-10-5-4-6-12(9-10)16(2,14)15/h10-12H,3-9H2,1-2H3. The molecule has 96 valence electrons. The highest BCUT2D eigenvalue weighted by Crippen LogP contribution is 2.32. The zero-order valence-electron chi connectivity index (χ0n) is 10.3. The van der Waals surface area contributed by atoms with Crippen LogP contribution in [0, 0.1) is 5.92 Å². The Kier molecular flexibility index (Phi) is 5.78. The van der Waals surface area contributed by atoms with E-state index in [9.17, 15) is 8.42 Å². The Labute approximate surface area is 108 Å². The van der Waals surface area contributed by atoms with Crippen LogP contribution in [-0.4, -0.2) is 24.8 Å². The van der Waals surface area contributed by atoms with Crippen LogP contribution < -0.4 is 0 Å². The summed E-state index contributed by atoms with van der Waals surface area (Å²) < 4.78 is 23.0. The van der Waals surface area contributed by atoms with Crippen molar-refractivity contribution in [3.8, 4) is 0 Å². The van der Waals surface area contributed by atoms with Crippen molar-refractivity contribution >= 4 is 25.8 Å². The van der Waals surface area contributed by atoms with E-state index in [1.165, 1.54) is 25.5 Å². The fourth-order valence-corrected chi connectivity index (χ4v) is 3.99. The highest BCUT2D eigenvalue weighted by Gasteiger charge is 2.28. The lowest BCUT2D eigenvalue weighted by Gasteiger charge is -2.28. The topological polar surface area (TPSA) is 34.1 Å². The number of sulfone groups is 1. The molecule has 0 radical (unpaired) electrons. The quantitative estimate of drug-likeness (QED) is 0.728. The summed E-state index contributed by atoms with van der Waals surface area (Å²) in [4.78, 5) is 0.603. The maximum Gasteiger partial charge on any atom is 0.150 e. The Hall–Kier alpha value is 0.430. The van der Waals surface area contributed by atoms with Gasteiger partial charge in [-0.3, -0.25) is 0 Å². The minimum Gasteiger partial charge on any atom is -0.229 e. The Morgan fingerprint density at radius 3 is 2.62 bits per heavy atom. The first kappa shape index (κ1) is 14.5. The molecule has 1 rings (SSSR count). The normalized spacial score (nSPS) is 28.9. The molecule has 1 aliphatic rings. The molecule has 0 aromatic heterocycles. The SMILES string of the molecule is CCC(Br)CCC1CCCC(S(C)(=O)=O)C1. The van der Waals surface area contributed by atoms with Gasteiger partial charge in [-0.15, -0.1) is 0 Å². The van der Waals surface area contributed by atoms with Gasteiger partial charge >= 0.3 is 0 Å². The Morgan fingerprint density at radius 2 is 2.06 bits per heavy atom. The third-order valence-electron chi connectivity index (χ3n) is 3.67. The van der Waals surface area contributed by atoms with Gasteiger partial charge in [0, 0.05) is 11.1 Å². The van der Waals surface area contributed by atoms with Gasteiger partial charge in [-0.25, -0.2) is 8.42 Å². The highest BCUT2D eigenvalue weighted by atomic mass is 79.9. The van der Waals surface area contributed by atoms with Gasteiger partial charge in [0.15, 0.2) is 0 Å². The third kappa shape index (κ3) is 4.74. The van der Waals surface area contributed by atoms with Gasteiger partial charge in [-0.05, 0) is 38.0 Å². The Bertz CT molecular complexity index is 300. The number of hydrogen-bond acceptors (Lipinski definition) is 2. The molecule has 0 aromatic carbocycles. The second-order valence-electron chi connectivity index (χ2n) is 5.07. The van der Waals surface area contributed by atoms with Crippen molar-refractivity contribution in [3.63, 3.8) is 0 Å². The highest BCUT2D eigenvalue weighted by molar-refractivity contribution is 9.09. The van der Waals surface area contributed by atoms with Crippen LogP contribution in [-0.2, 0) is 9.84 Å². The second kappa shape index (κ2) is 6.39. The molecule has 0 heterocycles. The van der Waals surface area contributed by atoms with Crippen molar-refractivity contribution in [1.29, 1.82) is 0 Å². The maximum atomic E-state index is 11.5. The first-order valence-electron chi connectivity index (χ1n) is 6.26. The predicted molar refractivity (Wildman–Crippen MR) is 72.8 cm³/mol. The van der Waals surface area contributed by atoms with Gasteiger partial charge in [0.1, 0.15) is 9.84 Å². The minimum atomic E-state index is -2.81. The van der Waals surface area contributed by atoms with Crippen LogP contribution in [0.1, 0.15) is 51.9 Å². The first-order chi connectivity index (χ1) is 7.43. The molecule has 3 atom stereocenters. The van der Waals surface area contributed by atoms with E-state index in [-0.39, 0.29) is 5.25 Å². The van der Waals surface area contributed by atoms with Crippen LogP contribution in [0.15, 0.2) is 0 Å². The molecule has 0 bridgehead atoms. The molecule has 4 heteroatoms. The summed E-state index contributed by atoms with van der Waals surface area (Å²) in [7, 11) is -2.81. The number of rotatable bonds is 5. The van der Waals surface area contributed by atoms with Gasteiger partial charge in [0.25, 0.3) is 0 Å². The molecule has 0 N–H and O–H groups in total. The Balaban J connectivity index is 2.39. The average Bonchev–Trinajstić information content (AvgIpc) is 2.25. The summed E-state index contributed by atoms with van der Waals surface area (Å²) in [6.45, 7) is 2.18. The molecule has 3 unspecified atom stereocenters. The Morgan fingerprint density at radius 1 is 1.38 bits per heavy atom. The molecule has 0 spiro atoms. The minimum absolute atomic E-state index is 0.0679. The average molecular weight is 311 g/mol. The molecule has 16 heavy (non-hydrogen) atoms. The van der Waals surface area contributed by atoms with Crippen LogP contribution in [0.3, 0.4) is 0 Å². The summed E-state index contributed by atoms with van der Waals surface area (Å²) in [6, 6.07) is 0. The van der Waals surface area contributed by atoms with Crippen LogP contribution in [0.4, 0.5) is 0 Å². The van der Waals surface area contributed by atoms with Crippen molar-refractivity contribution in [3.05, 3.63) is 0 Å². The molecular weight excluding hydrogens is 288 g/mol. The van der Waals surface area contributed by atoms with Crippen molar-refractivity contribution in [2.45, 2.75) is 61.9 Å². The summed E-state index contributed by atoms with van der Waals surface area (Å²) in [5.74, 6) is 0.625. The van der Waals surface area contributed by atoms with Gasteiger partial charge in [-0.1, -0.05) is 35.7 Å². The first-order valence-corrected chi connectivity index (χ1v) is 9.13. The lowest BCUT2D eigenvalue weighted by atomic mass is 9.85. The molecule has 1 saturated carbocycles. The van der Waals surface area contributed by atoms with Crippen LogP contribution >= 0.6 is 15.9 Å². The molecule has 0 aliphatic heterocycles. The van der Waals surface area contributed by atoms with E-state index in [0.29, 0.717) is 10.7 Å². The molecule has 1 fully saturated rings. The van der Waals surface area contributed by atoms with E-state index in [4.69, 9.17) is 0 Å². The van der Waals surface area contributed by atoms with Crippen molar-refractivity contribution in [2.24, 2.45) is 5.92 Å². The smallest absolute Gasteiger partial charge is 0.150 e. The lowest BCUT2D eigenvalue weighted by Crippen LogP contribution is -2.27. The number of hydrogen-bond donors (Lipinski definition) is 0. The monoisotopic (exact) mass is 310 g/mol. The molecule has 0 aromatic rings. The lowest BCUT2D eigenvalue weighted by molar-refractivity contribution is 0.331. The molecule has 2 nitrogen and oxygen atoms in total. The van der Waals surface area contributed by atoms with E-state index in [1.807, 2.05) is 0 Å². The van der Waals surface area contributed by atoms with Crippen LogP contribution in [0.5, 0.6) is 0 Å². The van der Waals surface area contributed by atoms with Crippen LogP contribution in [0.25, 0.3) is 0 Å². The summed E-state index contributed by atoms with van der Waals surface area (Å²) in [6.07, 6.45) is 8.97. The molecule has 0 saturated heterocycles. The third-order valence-corrected chi connectivity index (χ3v) is 6.42. The van der Waals surface area contributed by atoms with Crippen molar-refractivity contribution in [1.82, 2.24) is 0 Å². The zero-order valence-corrected chi connectivity index (χ0v) is 12.7. The summed E-state index contributed by atoms with van der Waals surface area (Å²) in [5.41, 5.74) is 0. The molecule has 0 amide bonds. The van der Waals surface area contributed by atoms with Crippen molar-refractivity contribution in [2.75, 3.05) is 6.26 Å². The van der Waals surface area contributed by atoms with Gasteiger partial charge in [0.2, 0.25) is 0 Å². The number of alkyl halides is 1. The van der Waals surface area contributed by atoms with E-state index in [2.05, 4.69) is 22.9 Å². The van der Waals surface area contributed by atoms with E-state index >= 15 is 0 Å². The van der Waals surface area contributed by atoms with Crippen LogP contribution in [0.2, 0.25) is 0 Å². The zero-order chi connectivity index (χ0) is 12.2. The summed E-state index contributed by atoms with van der Waals surface area (Å²) in [5, 5.41) is -0.0679. The predicted octanol–water partition coefficient (Wildman–Crippen LogP) is 3.54. The number of halogens is 1. The fourth-order valence-electron chi connectivity index (χ4n) is 2.51. The second-order valence-corrected chi connectivity index (χ2v) is 8.69. The van der Waals surface area contributed by atoms with Gasteiger partial charge in [-0.2, -0.15) is 0 Å². The summed E-state index contributed by atoms with van der Waals surface area (Å²) >= 11 is 3.64. The van der Waals surface area contributed by atoms with Crippen molar-refractivity contribution < 1.29 is 8.42 Å². The van der Waals surface area contributed by atoms with E-state index in [1.54, 1.807) is 0 Å².